The minimum Gasteiger partial charge on any atom is -0.313 e. The van der Waals surface area contributed by atoms with Crippen molar-refractivity contribution < 1.29 is 8.42 Å². The van der Waals surface area contributed by atoms with Crippen molar-refractivity contribution in [3.63, 3.8) is 0 Å². The Morgan fingerprint density at radius 3 is 2.40 bits per heavy atom. The van der Waals surface area contributed by atoms with Gasteiger partial charge in [-0.3, -0.25) is 0 Å². The fraction of sp³-hybridized carbons (Fsp3) is 0.600. The van der Waals surface area contributed by atoms with Gasteiger partial charge in [0.05, 0.1) is 4.90 Å². The van der Waals surface area contributed by atoms with Crippen molar-refractivity contribution in [2.45, 2.75) is 58.5 Å². The minimum atomic E-state index is -3.45. The average Bonchev–Trinajstić information content (AvgIpc) is 2.39. The molecular weight excluding hydrogens is 272 g/mol. The quantitative estimate of drug-likeness (QED) is 0.813. The first-order chi connectivity index (χ1) is 9.31. The van der Waals surface area contributed by atoms with E-state index in [1.807, 2.05) is 40.7 Å². The summed E-state index contributed by atoms with van der Waals surface area (Å²) in [6.45, 7) is 11.2. The number of aryl methyl sites for hydroxylation is 1. The van der Waals surface area contributed by atoms with Gasteiger partial charge in [0, 0.05) is 12.6 Å². The van der Waals surface area contributed by atoms with E-state index in [1.54, 1.807) is 6.07 Å². The molecule has 0 aliphatic rings. The van der Waals surface area contributed by atoms with Gasteiger partial charge in [0.15, 0.2) is 0 Å². The van der Waals surface area contributed by atoms with Gasteiger partial charge in [0.25, 0.3) is 0 Å². The van der Waals surface area contributed by atoms with E-state index in [0.717, 1.165) is 29.7 Å². The van der Waals surface area contributed by atoms with Crippen LogP contribution < -0.4 is 10.0 Å². The van der Waals surface area contributed by atoms with Crippen molar-refractivity contribution in [3.05, 3.63) is 28.8 Å². The highest BCUT2D eigenvalue weighted by atomic mass is 32.2. The Hall–Kier alpha value is -0.910. The van der Waals surface area contributed by atoms with E-state index >= 15 is 0 Å². The van der Waals surface area contributed by atoms with E-state index < -0.39 is 10.0 Å². The molecule has 0 aliphatic heterocycles. The number of sulfonamides is 1. The SMILES string of the molecule is CCNCc1cc(C)c(C)c(S(=O)(=O)NC(C)CC)c1. The van der Waals surface area contributed by atoms with Crippen molar-refractivity contribution in [1.29, 1.82) is 0 Å². The van der Waals surface area contributed by atoms with Crippen LogP contribution in [-0.4, -0.2) is 21.0 Å². The summed E-state index contributed by atoms with van der Waals surface area (Å²) < 4.78 is 27.7. The fourth-order valence-corrected chi connectivity index (χ4v) is 3.66. The summed E-state index contributed by atoms with van der Waals surface area (Å²) in [7, 11) is -3.45. The lowest BCUT2D eigenvalue weighted by Gasteiger charge is -2.16. The molecule has 20 heavy (non-hydrogen) atoms. The molecule has 2 N–H and O–H groups in total. The largest absolute Gasteiger partial charge is 0.313 e. The fourth-order valence-electron chi connectivity index (χ4n) is 1.96. The summed E-state index contributed by atoms with van der Waals surface area (Å²) in [5.41, 5.74) is 2.82. The van der Waals surface area contributed by atoms with Gasteiger partial charge in [-0.05, 0) is 56.5 Å². The first kappa shape index (κ1) is 17.1. The lowest BCUT2D eigenvalue weighted by Crippen LogP contribution is -2.32. The van der Waals surface area contributed by atoms with Crippen LogP contribution in [0.3, 0.4) is 0 Å². The average molecular weight is 298 g/mol. The molecule has 0 aromatic heterocycles. The number of hydrogen-bond acceptors (Lipinski definition) is 3. The van der Waals surface area contributed by atoms with Crippen LogP contribution in [0.5, 0.6) is 0 Å². The normalized spacial score (nSPS) is 13.4. The predicted molar refractivity (Wildman–Crippen MR) is 83.4 cm³/mol. The second-order valence-electron chi connectivity index (χ2n) is 5.25. The molecule has 1 rings (SSSR count). The van der Waals surface area contributed by atoms with Crippen LogP contribution in [0.2, 0.25) is 0 Å². The lowest BCUT2D eigenvalue weighted by molar-refractivity contribution is 0.555. The Balaban J connectivity index is 3.18. The van der Waals surface area contributed by atoms with Gasteiger partial charge >= 0.3 is 0 Å². The molecule has 1 aromatic carbocycles. The molecule has 1 unspecified atom stereocenters. The van der Waals surface area contributed by atoms with Crippen molar-refractivity contribution >= 4 is 10.0 Å². The van der Waals surface area contributed by atoms with E-state index in [4.69, 9.17) is 0 Å². The molecule has 1 aromatic rings. The van der Waals surface area contributed by atoms with E-state index in [2.05, 4.69) is 10.0 Å². The molecule has 0 fully saturated rings. The molecule has 0 aliphatic carbocycles. The van der Waals surface area contributed by atoms with Crippen molar-refractivity contribution in [2.24, 2.45) is 0 Å². The van der Waals surface area contributed by atoms with Gasteiger partial charge in [-0.1, -0.05) is 19.9 Å². The van der Waals surface area contributed by atoms with E-state index in [-0.39, 0.29) is 6.04 Å². The maximum Gasteiger partial charge on any atom is 0.241 e. The molecule has 0 spiro atoms. The Kier molecular flexibility index (Phi) is 6.17. The molecule has 114 valence electrons. The van der Waals surface area contributed by atoms with Gasteiger partial charge in [0.1, 0.15) is 0 Å². The van der Waals surface area contributed by atoms with Gasteiger partial charge in [-0.2, -0.15) is 0 Å². The molecule has 4 nitrogen and oxygen atoms in total. The number of hydrogen-bond donors (Lipinski definition) is 2. The second kappa shape index (κ2) is 7.20. The van der Waals surface area contributed by atoms with Crippen LogP contribution in [0.15, 0.2) is 17.0 Å². The molecule has 0 saturated heterocycles. The standard InChI is InChI=1S/C15H26N2O2S/c1-6-12(4)17-20(18,19)15-9-14(10-16-7-2)8-11(3)13(15)5/h8-9,12,16-17H,6-7,10H2,1-5H3. The summed E-state index contributed by atoms with van der Waals surface area (Å²) in [5, 5.41) is 3.23. The minimum absolute atomic E-state index is 0.0582. The van der Waals surface area contributed by atoms with Gasteiger partial charge in [-0.25, -0.2) is 13.1 Å². The maximum absolute atomic E-state index is 12.5. The van der Waals surface area contributed by atoms with Crippen LogP contribution in [-0.2, 0) is 16.6 Å². The number of rotatable bonds is 7. The highest BCUT2D eigenvalue weighted by Crippen LogP contribution is 2.21. The first-order valence-corrected chi connectivity index (χ1v) is 8.63. The summed E-state index contributed by atoms with van der Waals surface area (Å²) in [4.78, 5) is 0.394. The smallest absolute Gasteiger partial charge is 0.241 e. The zero-order valence-corrected chi connectivity index (χ0v) is 13.9. The Bertz CT molecular complexity index is 553. The van der Waals surface area contributed by atoms with E-state index in [0.29, 0.717) is 11.4 Å². The van der Waals surface area contributed by atoms with Crippen LogP contribution in [0.4, 0.5) is 0 Å². The third-order valence-corrected chi connectivity index (χ3v) is 5.23. The molecule has 0 saturated carbocycles. The summed E-state index contributed by atoms with van der Waals surface area (Å²) in [6, 6.07) is 3.76. The van der Waals surface area contributed by atoms with Gasteiger partial charge < -0.3 is 5.32 Å². The maximum atomic E-state index is 12.5. The van der Waals surface area contributed by atoms with Gasteiger partial charge in [-0.15, -0.1) is 0 Å². The molecular formula is C15H26N2O2S. The molecule has 0 radical (unpaired) electrons. The molecule has 0 heterocycles. The monoisotopic (exact) mass is 298 g/mol. The molecule has 0 amide bonds. The van der Waals surface area contributed by atoms with Crippen LogP contribution in [0.25, 0.3) is 0 Å². The summed E-state index contributed by atoms with van der Waals surface area (Å²) >= 11 is 0. The first-order valence-electron chi connectivity index (χ1n) is 7.15. The molecule has 0 bridgehead atoms. The molecule has 5 heteroatoms. The van der Waals surface area contributed by atoms with Crippen molar-refractivity contribution in [1.82, 2.24) is 10.0 Å². The third-order valence-electron chi connectivity index (χ3n) is 3.52. The van der Waals surface area contributed by atoms with Crippen LogP contribution in [0.1, 0.15) is 43.9 Å². The predicted octanol–water partition coefficient (Wildman–Crippen LogP) is 2.49. The van der Waals surface area contributed by atoms with Crippen molar-refractivity contribution in [3.8, 4) is 0 Å². The van der Waals surface area contributed by atoms with Crippen LogP contribution >= 0.6 is 0 Å². The summed E-state index contributed by atoms with van der Waals surface area (Å²) in [6.07, 6.45) is 0.772. The van der Waals surface area contributed by atoms with Crippen molar-refractivity contribution in [2.75, 3.05) is 6.54 Å². The zero-order chi connectivity index (χ0) is 15.3. The zero-order valence-electron chi connectivity index (χ0n) is 13.1. The highest BCUT2D eigenvalue weighted by Gasteiger charge is 2.20. The Morgan fingerprint density at radius 1 is 1.20 bits per heavy atom. The molecule has 1 atom stereocenters. The lowest BCUT2D eigenvalue weighted by atomic mass is 10.1. The second-order valence-corrected chi connectivity index (χ2v) is 6.93. The Morgan fingerprint density at radius 2 is 1.85 bits per heavy atom. The van der Waals surface area contributed by atoms with Gasteiger partial charge in [0.2, 0.25) is 10.0 Å². The Labute approximate surface area is 123 Å². The van der Waals surface area contributed by atoms with Crippen LogP contribution in [0, 0.1) is 13.8 Å². The number of nitrogens with one attached hydrogen (secondary N) is 2. The number of benzene rings is 1. The highest BCUT2D eigenvalue weighted by molar-refractivity contribution is 7.89. The van der Waals surface area contributed by atoms with E-state index in [1.165, 1.54) is 0 Å². The topological polar surface area (TPSA) is 58.2 Å². The van der Waals surface area contributed by atoms with E-state index in [9.17, 15) is 8.42 Å². The summed E-state index contributed by atoms with van der Waals surface area (Å²) in [5.74, 6) is 0. The third kappa shape index (κ3) is 4.30.